The highest BCUT2D eigenvalue weighted by atomic mass is 19.1. The average Bonchev–Trinajstić information content (AvgIpc) is 3.03. The molecule has 0 bridgehead atoms. The molecule has 4 rings (SSSR count). The molecule has 8 heteroatoms. The second kappa shape index (κ2) is 9.74. The van der Waals surface area contributed by atoms with Crippen LogP contribution in [-0.4, -0.2) is 35.9 Å². The summed E-state index contributed by atoms with van der Waals surface area (Å²) >= 11 is 0. The first kappa shape index (κ1) is 23.0. The van der Waals surface area contributed by atoms with Gasteiger partial charge in [0.15, 0.2) is 0 Å². The van der Waals surface area contributed by atoms with E-state index in [4.69, 9.17) is 4.74 Å². The second-order valence-electron chi connectivity index (χ2n) is 8.05. The van der Waals surface area contributed by atoms with Crippen molar-refractivity contribution >= 4 is 29.2 Å². The molecular formula is C26H24FN3O4. The highest BCUT2D eigenvalue weighted by Gasteiger charge is 2.46. The van der Waals surface area contributed by atoms with Crippen LogP contribution >= 0.6 is 0 Å². The summed E-state index contributed by atoms with van der Waals surface area (Å²) in [5.74, 6) is -0.729. The van der Waals surface area contributed by atoms with Crippen molar-refractivity contribution in [2.45, 2.75) is 25.9 Å². The van der Waals surface area contributed by atoms with Gasteiger partial charge in [-0.1, -0.05) is 24.3 Å². The molecule has 1 aliphatic heterocycles. The lowest BCUT2D eigenvalue weighted by Crippen LogP contribution is -2.37. The van der Waals surface area contributed by atoms with Gasteiger partial charge in [-0.15, -0.1) is 0 Å². The number of halogens is 1. The molecule has 34 heavy (non-hydrogen) atoms. The van der Waals surface area contributed by atoms with E-state index in [0.29, 0.717) is 22.7 Å². The van der Waals surface area contributed by atoms with Crippen LogP contribution in [0.25, 0.3) is 0 Å². The fraction of sp³-hybridized carbons (Fsp3) is 0.192. The maximum absolute atomic E-state index is 13.8. The van der Waals surface area contributed by atoms with Crippen LogP contribution in [0.1, 0.15) is 17.5 Å². The molecular weight excluding hydrogens is 437 g/mol. The van der Waals surface area contributed by atoms with Gasteiger partial charge in [-0.2, -0.15) is 0 Å². The van der Waals surface area contributed by atoms with Crippen molar-refractivity contribution in [2.75, 3.05) is 17.3 Å². The Morgan fingerprint density at radius 1 is 1.03 bits per heavy atom. The summed E-state index contributed by atoms with van der Waals surface area (Å²) in [5, 5.41) is 2.75. The molecule has 0 aliphatic carbocycles. The normalized spacial score (nSPS) is 15.6. The van der Waals surface area contributed by atoms with Crippen LogP contribution in [0.4, 0.5) is 20.6 Å². The van der Waals surface area contributed by atoms with Crippen molar-refractivity contribution in [2.24, 2.45) is 0 Å². The molecule has 1 aliphatic rings. The van der Waals surface area contributed by atoms with Crippen molar-refractivity contribution < 1.29 is 23.5 Å². The average molecular weight is 461 g/mol. The molecule has 7 nitrogen and oxygen atoms in total. The van der Waals surface area contributed by atoms with Crippen LogP contribution in [0.3, 0.4) is 0 Å². The predicted molar refractivity (Wildman–Crippen MR) is 126 cm³/mol. The largest absolute Gasteiger partial charge is 0.497 e. The van der Waals surface area contributed by atoms with Crippen LogP contribution in [0, 0.1) is 12.7 Å². The number of ether oxygens (including phenoxy) is 1. The number of hydrogen-bond donors (Lipinski definition) is 1. The molecule has 0 aromatic heterocycles. The molecule has 1 N–H and O–H groups in total. The second-order valence-corrected chi connectivity index (χ2v) is 8.05. The van der Waals surface area contributed by atoms with Crippen LogP contribution in [-0.2, 0) is 16.1 Å². The lowest BCUT2D eigenvalue weighted by molar-refractivity contribution is -0.124. The summed E-state index contributed by atoms with van der Waals surface area (Å²) in [6, 6.07) is 18.0. The molecule has 3 aromatic carbocycles. The third kappa shape index (κ3) is 4.91. The van der Waals surface area contributed by atoms with Crippen molar-refractivity contribution in [3.63, 3.8) is 0 Å². The van der Waals surface area contributed by atoms with E-state index in [1.807, 2.05) is 13.0 Å². The number of aryl methyl sites for hydroxylation is 1. The van der Waals surface area contributed by atoms with Gasteiger partial charge in [0.1, 0.15) is 17.6 Å². The number of carbonyl (C=O) groups excluding carboxylic acids is 3. The molecule has 0 unspecified atom stereocenters. The Bertz CT molecular complexity index is 1230. The van der Waals surface area contributed by atoms with Gasteiger partial charge in [-0.05, 0) is 66.6 Å². The zero-order valence-corrected chi connectivity index (χ0v) is 18.8. The van der Waals surface area contributed by atoms with E-state index in [2.05, 4.69) is 5.32 Å². The Morgan fingerprint density at radius 3 is 2.44 bits per heavy atom. The molecule has 4 amide bonds. The van der Waals surface area contributed by atoms with Gasteiger partial charge in [0.25, 0.3) is 5.91 Å². The maximum Gasteiger partial charge on any atom is 0.332 e. The molecule has 3 aromatic rings. The van der Waals surface area contributed by atoms with E-state index < -0.39 is 29.7 Å². The van der Waals surface area contributed by atoms with Crippen LogP contribution in [0.15, 0.2) is 72.8 Å². The number of rotatable bonds is 7. The van der Waals surface area contributed by atoms with Gasteiger partial charge < -0.3 is 15.0 Å². The molecule has 1 saturated heterocycles. The van der Waals surface area contributed by atoms with Crippen molar-refractivity contribution in [3.8, 4) is 5.75 Å². The van der Waals surface area contributed by atoms with E-state index in [9.17, 15) is 18.8 Å². The first-order valence-corrected chi connectivity index (χ1v) is 10.8. The molecule has 0 radical (unpaired) electrons. The lowest BCUT2D eigenvalue weighted by atomic mass is 10.1. The summed E-state index contributed by atoms with van der Waals surface area (Å²) in [4.78, 5) is 41.9. The van der Waals surface area contributed by atoms with E-state index in [1.54, 1.807) is 55.6 Å². The van der Waals surface area contributed by atoms with Crippen LogP contribution < -0.4 is 15.0 Å². The van der Waals surface area contributed by atoms with Crippen LogP contribution in [0.5, 0.6) is 5.75 Å². The quantitative estimate of drug-likeness (QED) is 0.525. The number of anilines is 2. The topological polar surface area (TPSA) is 79.0 Å². The highest BCUT2D eigenvalue weighted by molar-refractivity contribution is 6.22. The Kier molecular flexibility index (Phi) is 6.58. The number of amides is 4. The number of methoxy groups -OCH3 is 1. The Hall–Kier alpha value is -4.20. The van der Waals surface area contributed by atoms with Gasteiger partial charge in [-0.25, -0.2) is 14.1 Å². The Labute approximate surface area is 196 Å². The fourth-order valence-corrected chi connectivity index (χ4v) is 3.91. The van der Waals surface area contributed by atoms with Crippen LogP contribution in [0.2, 0.25) is 0 Å². The number of benzene rings is 3. The Balaban J connectivity index is 1.59. The molecule has 1 heterocycles. The van der Waals surface area contributed by atoms with E-state index in [0.717, 1.165) is 10.5 Å². The number of urea groups is 1. The number of hydrogen-bond acceptors (Lipinski definition) is 4. The van der Waals surface area contributed by atoms with E-state index in [1.165, 1.54) is 23.1 Å². The first-order valence-electron chi connectivity index (χ1n) is 10.8. The number of nitrogens with zero attached hydrogens (tertiary/aromatic N) is 2. The minimum Gasteiger partial charge on any atom is -0.497 e. The zero-order valence-electron chi connectivity index (χ0n) is 18.8. The van der Waals surface area contributed by atoms with Gasteiger partial charge in [-0.3, -0.25) is 9.59 Å². The highest BCUT2D eigenvalue weighted by Crippen LogP contribution is 2.29. The molecule has 1 atom stereocenters. The minimum atomic E-state index is -1.03. The van der Waals surface area contributed by atoms with Crippen molar-refractivity contribution in [3.05, 3.63) is 89.7 Å². The Morgan fingerprint density at radius 2 is 1.76 bits per heavy atom. The van der Waals surface area contributed by atoms with E-state index >= 15 is 0 Å². The SMILES string of the molecule is COc1ccc(NC(=O)C[C@H]2C(=O)N(c3cccc(C)c3)C(=O)N2Cc2cccc(F)c2)cc1. The van der Waals surface area contributed by atoms with Crippen molar-refractivity contribution in [1.29, 1.82) is 0 Å². The van der Waals surface area contributed by atoms with Gasteiger partial charge in [0.05, 0.1) is 19.2 Å². The van der Waals surface area contributed by atoms with Gasteiger partial charge in [0.2, 0.25) is 5.91 Å². The standard InChI is InChI=1S/C26H24FN3O4/c1-17-5-3-8-21(13-17)30-25(32)23(15-24(31)28-20-9-11-22(34-2)12-10-20)29(26(30)33)16-18-6-4-7-19(27)14-18/h3-14,23H,15-16H2,1-2H3,(H,28,31)/t23-/m0/s1. The summed E-state index contributed by atoms with van der Waals surface area (Å²) in [7, 11) is 1.55. The smallest absolute Gasteiger partial charge is 0.332 e. The summed E-state index contributed by atoms with van der Waals surface area (Å²) in [6.45, 7) is 1.85. The fourth-order valence-electron chi connectivity index (χ4n) is 3.91. The van der Waals surface area contributed by atoms with Gasteiger partial charge >= 0.3 is 6.03 Å². The lowest BCUT2D eigenvalue weighted by Gasteiger charge is -2.21. The number of nitrogens with one attached hydrogen (secondary N) is 1. The minimum absolute atomic E-state index is 0.00880. The maximum atomic E-state index is 13.8. The first-order chi connectivity index (χ1) is 16.4. The third-order valence-electron chi connectivity index (χ3n) is 5.57. The number of imide groups is 1. The third-order valence-corrected chi connectivity index (χ3v) is 5.57. The zero-order chi connectivity index (χ0) is 24.2. The molecule has 174 valence electrons. The monoisotopic (exact) mass is 461 g/mol. The molecule has 0 spiro atoms. The summed E-state index contributed by atoms with van der Waals surface area (Å²) in [6.07, 6.45) is -0.242. The van der Waals surface area contributed by atoms with Crippen molar-refractivity contribution in [1.82, 2.24) is 4.90 Å². The molecule has 0 saturated carbocycles. The summed E-state index contributed by atoms with van der Waals surface area (Å²) in [5.41, 5.74) is 2.37. The molecule has 1 fully saturated rings. The number of carbonyl (C=O) groups is 3. The summed E-state index contributed by atoms with van der Waals surface area (Å²) < 4.78 is 18.9. The predicted octanol–water partition coefficient (Wildman–Crippen LogP) is 4.51. The van der Waals surface area contributed by atoms with E-state index in [-0.39, 0.29) is 13.0 Å². The van der Waals surface area contributed by atoms with Gasteiger partial charge in [0, 0.05) is 12.2 Å².